The maximum atomic E-state index is 11.5. The minimum atomic E-state index is -0.645. The van der Waals surface area contributed by atoms with Crippen molar-refractivity contribution in [3.8, 4) is 0 Å². The number of allylic oxidation sites excluding steroid dienone is 3. The van der Waals surface area contributed by atoms with Crippen LogP contribution >= 0.6 is 0 Å². The van der Waals surface area contributed by atoms with E-state index in [2.05, 4.69) is 15.4 Å². The van der Waals surface area contributed by atoms with E-state index in [9.17, 15) is 14.4 Å². The first-order valence-corrected chi connectivity index (χ1v) is 6.68. The normalized spacial score (nSPS) is 15.7. The first-order chi connectivity index (χ1) is 9.61. The van der Waals surface area contributed by atoms with Crippen LogP contribution in [0, 0.1) is 0 Å². The standard InChI is InChI=1S/C14H20N2O4/c1-2-3-4-9-13(18)20-10-12(17)16-14(19)15-11-7-5-6-8-11/h2-4,9,11H,5-8,10H2,1H3,(H2,15,16,17,19). The fourth-order valence-electron chi connectivity index (χ4n) is 1.88. The van der Waals surface area contributed by atoms with Gasteiger partial charge in [-0.25, -0.2) is 9.59 Å². The topological polar surface area (TPSA) is 84.5 Å². The molecule has 1 fully saturated rings. The zero-order valence-corrected chi connectivity index (χ0v) is 11.6. The van der Waals surface area contributed by atoms with Crippen LogP contribution in [0.25, 0.3) is 0 Å². The van der Waals surface area contributed by atoms with Gasteiger partial charge in [0.15, 0.2) is 6.61 Å². The van der Waals surface area contributed by atoms with Crippen LogP contribution in [0.3, 0.4) is 0 Å². The summed E-state index contributed by atoms with van der Waals surface area (Å²) in [6, 6.07) is -0.406. The van der Waals surface area contributed by atoms with Gasteiger partial charge in [0.1, 0.15) is 0 Å². The number of carbonyl (C=O) groups excluding carboxylic acids is 3. The van der Waals surface area contributed by atoms with Crippen molar-refractivity contribution in [2.24, 2.45) is 0 Å². The zero-order chi connectivity index (χ0) is 14.8. The lowest BCUT2D eigenvalue weighted by Gasteiger charge is -2.12. The molecule has 0 radical (unpaired) electrons. The van der Waals surface area contributed by atoms with Gasteiger partial charge in [-0.15, -0.1) is 0 Å². The number of carbonyl (C=O) groups is 3. The maximum absolute atomic E-state index is 11.5. The van der Waals surface area contributed by atoms with Crippen LogP contribution < -0.4 is 10.6 Å². The molecule has 0 heterocycles. The summed E-state index contributed by atoms with van der Waals surface area (Å²) >= 11 is 0. The Balaban J connectivity index is 2.18. The summed E-state index contributed by atoms with van der Waals surface area (Å²) in [6.07, 6.45) is 10.2. The Morgan fingerprint density at radius 3 is 2.55 bits per heavy atom. The van der Waals surface area contributed by atoms with Crippen molar-refractivity contribution in [1.29, 1.82) is 0 Å². The van der Waals surface area contributed by atoms with E-state index in [4.69, 9.17) is 0 Å². The zero-order valence-electron chi connectivity index (χ0n) is 11.6. The van der Waals surface area contributed by atoms with Crippen LogP contribution in [0.4, 0.5) is 4.79 Å². The Bertz CT molecular complexity index is 409. The molecule has 20 heavy (non-hydrogen) atoms. The van der Waals surface area contributed by atoms with E-state index in [0.29, 0.717) is 0 Å². The Labute approximate surface area is 118 Å². The summed E-state index contributed by atoms with van der Waals surface area (Å²) in [5.74, 6) is -1.28. The molecule has 1 rings (SSSR count). The first kappa shape index (κ1) is 15.9. The lowest BCUT2D eigenvalue weighted by Crippen LogP contribution is -2.44. The summed E-state index contributed by atoms with van der Waals surface area (Å²) < 4.78 is 4.67. The van der Waals surface area contributed by atoms with E-state index < -0.39 is 24.5 Å². The summed E-state index contributed by atoms with van der Waals surface area (Å²) in [6.45, 7) is 1.34. The van der Waals surface area contributed by atoms with Gasteiger partial charge in [-0.05, 0) is 19.8 Å². The molecule has 0 aliphatic heterocycles. The Morgan fingerprint density at radius 1 is 1.20 bits per heavy atom. The molecule has 1 aliphatic rings. The second-order valence-electron chi connectivity index (χ2n) is 4.50. The predicted molar refractivity (Wildman–Crippen MR) is 73.8 cm³/mol. The molecule has 1 saturated carbocycles. The predicted octanol–water partition coefficient (Wildman–Crippen LogP) is 1.43. The number of amides is 3. The van der Waals surface area contributed by atoms with Crippen LogP contribution in [0.1, 0.15) is 32.6 Å². The smallest absolute Gasteiger partial charge is 0.331 e. The SMILES string of the molecule is CC=CC=CC(=O)OCC(=O)NC(=O)NC1CCCC1. The molecule has 2 N–H and O–H groups in total. The van der Waals surface area contributed by atoms with E-state index in [0.717, 1.165) is 25.7 Å². The van der Waals surface area contributed by atoms with Crippen molar-refractivity contribution in [1.82, 2.24) is 10.6 Å². The third kappa shape index (κ3) is 6.72. The summed E-state index contributed by atoms with van der Waals surface area (Å²) in [5, 5.41) is 4.83. The highest BCUT2D eigenvalue weighted by molar-refractivity contribution is 5.96. The number of imide groups is 1. The van der Waals surface area contributed by atoms with Gasteiger partial charge in [0, 0.05) is 12.1 Å². The number of rotatable bonds is 5. The van der Waals surface area contributed by atoms with E-state index >= 15 is 0 Å². The minimum Gasteiger partial charge on any atom is -0.452 e. The summed E-state index contributed by atoms with van der Waals surface area (Å²) in [7, 11) is 0. The Hall–Kier alpha value is -2.11. The fraction of sp³-hybridized carbons (Fsp3) is 0.500. The van der Waals surface area contributed by atoms with E-state index in [-0.39, 0.29) is 6.04 Å². The second kappa shape index (κ2) is 8.90. The molecule has 6 heteroatoms. The van der Waals surface area contributed by atoms with Crippen molar-refractivity contribution in [3.05, 3.63) is 24.3 Å². The van der Waals surface area contributed by atoms with Crippen LogP contribution in [0.2, 0.25) is 0 Å². The van der Waals surface area contributed by atoms with Gasteiger partial charge in [0.2, 0.25) is 0 Å². The third-order valence-electron chi connectivity index (χ3n) is 2.82. The molecule has 6 nitrogen and oxygen atoms in total. The molecular formula is C14H20N2O4. The molecule has 3 amide bonds. The number of urea groups is 1. The van der Waals surface area contributed by atoms with Crippen molar-refractivity contribution in [3.63, 3.8) is 0 Å². The van der Waals surface area contributed by atoms with Gasteiger partial charge < -0.3 is 10.1 Å². The third-order valence-corrected chi connectivity index (χ3v) is 2.82. The highest BCUT2D eigenvalue weighted by atomic mass is 16.5. The quantitative estimate of drug-likeness (QED) is 0.453. The minimum absolute atomic E-state index is 0.133. The number of ether oxygens (including phenoxy) is 1. The second-order valence-corrected chi connectivity index (χ2v) is 4.50. The van der Waals surface area contributed by atoms with Gasteiger partial charge in [-0.3, -0.25) is 10.1 Å². The maximum Gasteiger partial charge on any atom is 0.331 e. The van der Waals surface area contributed by atoms with Crippen molar-refractivity contribution < 1.29 is 19.1 Å². The van der Waals surface area contributed by atoms with Gasteiger partial charge in [-0.1, -0.05) is 31.1 Å². The highest BCUT2D eigenvalue weighted by Crippen LogP contribution is 2.17. The Morgan fingerprint density at radius 2 is 1.90 bits per heavy atom. The van der Waals surface area contributed by atoms with Crippen LogP contribution in [-0.4, -0.2) is 30.6 Å². The van der Waals surface area contributed by atoms with Crippen molar-refractivity contribution >= 4 is 17.9 Å². The number of esters is 1. The number of hydrogen-bond donors (Lipinski definition) is 2. The van der Waals surface area contributed by atoms with E-state index in [1.54, 1.807) is 12.2 Å². The van der Waals surface area contributed by atoms with Gasteiger partial charge in [-0.2, -0.15) is 0 Å². The average Bonchev–Trinajstić information content (AvgIpc) is 2.89. The molecule has 0 aromatic heterocycles. The molecule has 0 unspecified atom stereocenters. The molecular weight excluding hydrogens is 260 g/mol. The van der Waals surface area contributed by atoms with Crippen LogP contribution in [0.15, 0.2) is 24.3 Å². The van der Waals surface area contributed by atoms with Gasteiger partial charge >= 0.3 is 12.0 Å². The number of hydrogen-bond acceptors (Lipinski definition) is 4. The molecule has 0 saturated heterocycles. The monoisotopic (exact) mass is 280 g/mol. The average molecular weight is 280 g/mol. The van der Waals surface area contributed by atoms with Gasteiger partial charge in [0.05, 0.1) is 0 Å². The van der Waals surface area contributed by atoms with Gasteiger partial charge in [0.25, 0.3) is 5.91 Å². The van der Waals surface area contributed by atoms with Crippen LogP contribution in [0.5, 0.6) is 0 Å². The largest absolute Gasteiger partial charge is 0.452 e. The molecule has 0 aromatic carbocycles. The summed E-state index contributed by atoms with van der Waals surface area (Å²) in [5.41, 5.74) is 0. The molecule has 0 spiro atoms. The molecule has 1 aliphatic carbocycles. The molecule has 0 bridgehead atoms. The van der Waals surface area contributed by atoms with Crippen molar-refractivity contribution in [2.45, 2.75) is 38.6 Å². The summed E-state index contributed by atoms with van der Waals surface area (Å²) in [4.78, 5) is 34.0. The van der Waals surface area contributed by atoms with E-state index in [1.165, 1.54) is 12.2 Å². The van der Waals surface area contributed by atoms with Crippen molar-refractivity contribution in [2.75, 3.05) is 6.61 Å². The van der Waals surface area contributed by atoms with Crippen LogP contribution in [-0.2, 0) is 14.3 Å². The lowest BCUT2D eigenvalue weighted by atomic mass is 10.2. The van der Waals surface area contributed by atoms with E-state index in [1.807, 2.05) is 6.92 Å². The lowest BCUT2D eigenvalue weighted by molar-refractivity contribution is -0.143. The molecule has 0 atom stereocenters. The first-order valence-electron chi connectivity index (χ1n) is 6.68. The highest BCUT2D eigenvalue weighted by Gasteiger charge is 2.18. The Kier molecular flexibility index (Phi) is 7.10. The fourth-order valence-corrected chi connectivity index (χ4v) is 1.88. The molecule has 110 valence electrons. The number of nitrogens with one attached hydrogen (secondary N) is 2. The molecule has 0 aromatic rings.